The molecule has 0 unspecified atom stereocenters. The summed E-state index contributed by atoms with van der Waals surface area (Å²) >= 11 is 5.84. The van der Waals surface area contributed by atoms with E-state index in [4.69, 9.17) is 17.3 Å². The van der Waals surface area contributed by atoms with Gasteiger partial charge >= 0.3 is 0 Å². The summed E-state index contributed by atoms with van der Waals surface area (Å²) < 4.78 is 0. The summed E-state index contributed by atoms with van der Waals surface area (Å²) in [6.45, 7) is 4.13. The van der Waals surface area contributed by atoms with Gasteiger partial charge in [-0.25, -0.2) is 4.98 Å². The zero-order valence-electron chi connectivity index (χ0n) is 8.13. The molecule has 0 fully saturated rings. The molecule has 0 atom stereocenters. The Bertz CT molecular complexity index is 506. The fraction of sp³-hybridized carbons (Fsp3) is 0.182. The number of rotatable bonds is 0. The monoisotopic (exact) mass is 206 g/mol. The lowest BCUT2D eigenvalue weighted by Gasteiger charge is -2.06. The Kier molecular flexibility index (Phi) is 2.08. The molecule has 1 heterocycles. The molecule has 1 aromatic heterocycles. The normalized spacial score (nSPS) is 10.8. The molecule has 0 aliphatic heterocycles. The van der Waals surface area contributed by atoms with Gasteiger partial charge in [-0.05, 0) is 37.1 Å². The quantitative estimate of drug-likeness (QED) is 0.673. The van der Waals surface area contributed by atoms with Gasteiger partial charge in [-0.3, -0.25) is 0 Å². The molecule has 2 aromatic rings. The first-order valence-electron chi connectivity index (χ1n) is 4.41. The Balaban J connectivity index is 2.89. The van der Waals surface area contributed by atoms with Crippen LogP contribution in [0, 0.1) is 13.8 Å². The average molecular weight is 207 g/mol. The van der Waals surface area contributed by atoms with E-state index in [1.54, 1.807) is 0 Å². The number of nitrogens with zero attached hydrogens (tertiary/aromatic N) is 1. The molecule has 0 bridgehead atoms. The number of nitrogens with two attached hydrogens (primary N) is 1. The molecule has 0 radical (unpaired) electrons. The maximum absolute atomic E-state index is 5.84. The van der Waals surface area contributed by atoms with Crippen molar-refractivity contribution < 1.29 is 0 Å². The summed E-state index contributed by atoms with van der Waals surface area (Å²) in [5.74, 6) is 0. The van der Waals surface area contributed by atoms with Gasteiger partial charge in [0.05, 0.1) is 11.2 Å². The Morgan fingerprint density at radius 2 is 2.00 bits per heavy atom. The molecule has 0 aliphatic carbocycles. The van der Waals surface area contributed by atoms with Crippen LogP contribution < -0.4 is 5.73 Å². The number of aryl methyl sites for hydroxylation is 2. The number of anilines is 1. The van der Waals surface area contributed by atoms with Crippen molar-refractivity contribution >= 4 is 28.2 Å². The minimum atomic E-state index is 0.376. The predicted molar refractivity (Wildman–Crippen MR) is 60.6 cm³/mol. The number of aromatic nitrogens is 1. The van der Waals surface area contributed by atoms with Gasteiger partial charge in [-0.15, -0.1) is 0 Å². The Hall–Kier alpha value is -1.28. The maximum Gasteiger partial charge on any atom is 0.152 e. The van der Waals surface area contributed by atoms with Crippen LogP contribution in [-0.2, 0) is 0 Å². The van der Waals surface area contributed by atoms with Crippen LogP contribution in [0.3, 0.4) is 0 Å². The van der Waals surface area contributed by atoms with Crippen LogP contribution in [0.4, 0.5) is 5.69 Å². The lowest BCUT2D eigenvalue weighted by atomic mass is 10.0. The van der Waals surface area contributed by atoms with Crippen molar-refractivity contribution in [1.29, 1.82) is 0 Å². The van der Waals surface area contributed by atoms with Gasteiger partial charge in [0.15, 0.2) is 5.15 Å². The largest absolute Gasteiger partial charge is 0.396 e. The zero-order valence-corrected chi connectivity index (χ0v) is 8.89. The molecule has 2 rings (SSSR count). The van der Waals surface area contributed by atoms with E-state index in [1.807, 2.05) is 18.2 Å². The molecule has 2 N–H and O–H groups in total. The molecule has 1 aromatic carbocycles. The molecule has 0 amide bonds. The third kappa shape index (κ3) is 1.32. The van der Waals surface area contributed by atoms with Gasteiger partial charge in [0, 0.05) is 5.39 Å². The highest BCUT2D eigenvalue weighted by Gasteiger charge is 2.05. The van der Waals surface area contributed by atoms with Crippen LogP contribution in [0.1, 0.15) is 11.1 Å². The van der Waals surface area contributed by atoms with Gasteiger partial charge in [-0.1, -0.05) is 17.7 Å². The lowest BCUT2D eigenvalue weighted by molar-refractivity contribution is 1.34. The van der Waals surface area contributed by atoms with Crippen molar-refractivity contribution in [1.82, 2.24) is 4.98 Å². The molecular weight excluding hydrogens is 196 g/mol. The summed E-state index contributed by atoms with van der Waals surface area (Å²) in [6.07, 6.45) is 0. The van der Waals surface area contributed by atoms with Crippen molar-refractivity contribution in [2.45, 2.75) is 13.8 Å². The second kappa shape index (κ2) is 3.14. The van der Waals surface area contributed by atoms with Crippen molar-refractivity contribution in [3.05, 3.63) is 34.5 Å². The molecule has 72 valence electrons. The number of benzene rings is 1. The summed E-state index contributed by atoms with van der Waals surface area (Å²) in [7, 11) is 0. The van der Waals surface area contributed by atoms with E-state index >= 15 is 0 Å². The predicted octanol–water partition coefficient (Wildman–Crippen LogP) is 3.09. The van der Waals surface area contributed by atoms with E-state index in [0.29, 0.717) is 10.8 Å². The Labute approximate surface area is 87.7 Å². The molecule has 0 aliphatic rings. The highest BCUT2D eigenvalue weighted by atomic mass is 35.5. The first-order valence-corrected chi connectivity index (χ1v) is 4.79. The van der Waals surface area contributed by atoms with Gasteiger partial charge in [0.25, 0.3) is 0 Å². The van der Waals surface area contributed by atoms with Crippen molar-refractivity contribution in [3.8, 4) is 0 Å². The summed E-state index contributed by atoms with van der Waals surface area (Å²) in [5.41, 5.74) is 9.59. The topological polar surface area (TPSA) is 38.9 Å². The van der Waals surface area contributed by atoms with Gasteiger partial charge < -0.3 is 5.73 Å². The first kappa shape index (κ1) is 9.28. The molecule has 14 heavy (non-hydrogen) atoms. The van der Waals surface area contributed by atoms with E-state index in [0.717, 1.165) is 10.9 Å². The number of pyridine rings is 1. The fourth-order valence-electron chi connectivity index (χ4n) is 1.49. The van der Waals surface area contributed by atoms with E-state index in [1.165, 1.54) is 11.1 Å². The number of hydrogen-bond acceptors (Lipinski definition) is 2. The van der Waals surface area contributed by atoms with Crippen LogP contribution in [-0.4, -0.2) is 4.98 Å². The maximum atomic E-state index is 5.84. The van der Waals surface area contributed by atoms with E-state index in [9.17, 15) is 0 Å². The van der Waals surface area contributed by atoms with Crippen molar-refractivity contribution in [2.75, 3.05) is 5.73 Å². The first-order chi connectivity index (χ1) is 6.59. The van der Waals surface area contributed by atoms with E-state index in [2.05, 4.69) is 18.8 Å². The van der Waals surface area contributed by atoms with Crippen LogP contribution in [0.15, 0.2) is 18.2 Å². The SMILES string of the molecule is Cc1ccc2nc(Cl)c(N)cc2c1C. The standard InChI is InChI=1S/C11H11ClN2/c1-6-3-4-10-8(7(6)2)5-9(13)11(12)14-10/h3-5H,13H2,1-2H3. The summed E-state index contributed by atoms with van der Waals surface area (Å²) in [5, 5.41) is 1.45. The van der Waals surface area contributed by atoms with Gasteiger partial charge in [-0.2, -0.15) is 0 Å². The molecular formula is C11H11ClN2. The van der Waals surface area contributed by atoms with Crippen LogP contribution in [0.5, 0.6) is 0 Å². The van der Waals surface area contributed by atoms with Gasteiger partial charge in [0.1, 0.15) is 0 Å². The highest BCUT2D eigenvalue weighted by Crippen LogP contribution is 2.26. The number of fused-ring (bicyclic) bond motifs is 1. The lowest BCUT2D eigenvalue weighted by Crippen LogP contribution is -1.92. The summed E-state index contributed by atoms with van der Waals surface area (Å²) in [4.78, 5) is 4.22. The smallest absolute Gasteiger partial charge is 0.152 e. The van der Waals surface area contributed by atoms with Gasteiger partial charge in [0.2, 0.25) is 0 Å². The van der Waals surface area contributed by atoms with E-state index in [-0.39, 0.29) is 0 Å². The average Bonchev–Trinajstić information content (AvgIpc) is 2.15. The number of hydrogen-bond donors (Lipinski definition) is 1. The molecule has 3 heteroatoms. The Morgan fingerprint density at radius 1 is 1.29 bits per heavy atom. The molecule has 2 nitrogen and oxygen atoms in total. The van der Waals surface area contributed by atoms with E-state index < -0.39 is 0 Å². The molecule has 0 saturated heterocycles. The minimum absolute atomic E-state index is 0.376. The second-order valence-electron chi connectivity index (χ2n) is 3.44. The third-order valence-corrected chi connectivity index (χ3v) is 2.82. The number of nitrogen functional groups attached to an aromatic ring is 1. The van der Waals surface area contributed by atoms with Crippen molar-refractivity contribution in [3.63, 3.8) is 0 Å². The minimum Gasteiger partial charge on any atom is -0.396 e. The fourth-order valence-corrected chi connectivity index (χ4v) is 1.63. The zero-order chi connectivity index (χ0) is 10.3. The second-order valence-corrected chi connectivity index (χ2v) is 3.80. The summed E-state index contributed by atoms with van der Waals surface area (Å²) in [6, 6.07) is 5.88. The molecule has 0 spiro atoms. The highest BCUT2D eigenvalue weighted by molar-refractivity contribution is 6.32. The van der Waals surface area contributed by atoms with Crippen LogP contribution in [0.2, 0.25) is 5.15 Å². The van der Waals surface area contributed by atoms with Crippen LogP contribution in [0.25, 0.3) is 10.9 Å². The number of halogens is 1. The van der Waals surface area contributed by atoms with Crippen LogP contribution >= 0.6 is 11.6 Å². The van der Waals surface area contributed by atoms with Crippen molar-refractivity contribution in [2.24, 2.45) is 0 Å². The third-order valence-electron chi connectivity index (χ3n) is 2.52. The Morgan fingerprint density at radius 3 is 2.71 bits per heavy atom. The molecule has 0 saturated carbocycles.